The van der Waals surface area contributed by atoms with E-state index in [0.29, 0.717) is 13.2 Å². The summed E-state index contributed by atoms with van der Waals surface area (Å²) in [4.78, 5) is 13.1. The summed E-state index contributed by atoms with van der Waals surface area (Å²) in [7, 11) is 0. The molecule has 1 amide bonds. The van der Waals surface area contributed by atoms with E-state index in [1.807, 2.05) is 27.7 Å². The van der Waals surface area contributed by atoms with Crippen LogP contribution < -0.4 is 0 Å². The van der Waals surface area contributed by atoms with Crippen LogP contribution in [0.15, 0.2) is 0 Å². The summed E-state index contributed by atoms with van der Waals surface area (Å²) in [5, 5.41) is 0. The minimum atomic E-state index is -0.431. The lowest BCUT2D eigenvalue weighted by atomic mass is 10.2. The van der Waals surface area contributed by atoms with Crippen LogP contribution in [-0.2, 0) is 9.47 Å². The fraction of sp³-hybridized carbons (Fsp3) is 0.889. The molecule has 1 heterocycles. The fourth-order valence-corrected chi connectivity index (χ4v) is 1.15. The molecule has 1 unspecified atom stereocenters. The molecule has 0 aromatic heterocycles. The van der Waals surface area contributed by atoms with Gasteiger partial charge in [0.1, 0.15) is 11.8 Å². The average Bonchev–Trinajstić information content (AvgIpc) is 2.30. The van der Waals surface area contributed by atoms with E-state index >= 15 is 0 Å². The summed E-state index contributed by atoms with van der Waals surface area (Å²) in [6, 6.07) is 0. The van der Waals surface area contributed by atoms with Gasteiger partial charge in [-0.2, -0.15) is 0 Å². The lowest BCUT2D eigenvalue weighted by Crippen LogP contribution is -2.38. The van der Waals surface area contributed by atoms with E-state index < -0.39 is 5.60 Å². The van der Waals surface area contributed by atoms with Crippen LogP contribution in [0, 0.1) is 0 Å². The van der Waals surface area contributed by atoms with Gasteiger partial charge in [0.25, 0.3) is 0 Å². The van der Waals surface area contributed by atoms with Crippen molar-refractivity contribution in [3.05, 3.63) is 0 Å². The highest BCUT2D eigenvalue weighted by Crippen LogP contribution is 2.15. The van der Waals surface area contributed by atoms with E-state index in [1.165, 1.54) is 0 Å². The molecule has 0 saturated carbocycles. The molecule has 1 aliphatic rings. The summed E-state index contributed by atoms with van der Waals surface area (Å²) in [6.45, 7) is 8.62. The number of hydrogen-bond donors (Lipinski definition) is 0. The molecule has 0 aromatic rings. The van der Waals surface area contributed by atoms with E-state index in [-0.39, 0.29) is 12.3 Å². The van der Waals surface area contributed by atoms with Crippen molar-refractivity contribution in [1.29, 1.82) is 0 Å². The van der Waals surface area contributed by atoms with Crippen molar-refractivity contribution in [2.45, 2.75) is 39.5 Å². The monoisotopic (exact) mass is 187 g/mol. The van der Waals surface area contributed by atoms with Gasteiger partial charge in [-0.15, -0.1) is 0 Å². The van der Waals surface area contributed by atoms with Crippen LogP contribution in [0.3, 0.4) is 0 Å². The van der Waals surface area contributed by atoms with Gasteiger partial charge in [-0.3, -0.25) is 4.90 Å². The molecule has 0 aromatic carbocycles. The number of carbonyl (C=O) groups is 1. The zero-order chi connectivity index (χ0) is 10.1. The first-order valence-corrected chi connectivity index (χ1v) is 4.51. The molecule has 4 heteroatoms. The predicted octanol–water partition coefficient (Wildman–Crippen LogP) is 1.60. The highest BCUT2D eigenvalue weighted by Gasteiger charge is 2.29. The summed E-state index contributed by atoms with van der Waals surface area (Å²) in [6.07, 6.45) is -0.452. The first-order valence-electron chi connectivity index (χ1n) is 4.51. The van der Waals surface area contributed by atoms with Crippen molar-refractivity contribution in [1.82, 2.24) is 4.90 Å². The lowest BCUT2D eigenvalue weighted by Gasteiger charge is -2.25. The Labute approximate surface area is 78.8 Å². The first-order chi connectivity index (χ1) is 5.90. The van der Waals surface area contributed by atoms with Crippen molar-refractivity contribution in [2.75, 3.05) is 13.2 Å². The second-order valence-electron chi connectivity index (χ2n) is 4.14. The largest absolute Gasteiger partial charge is 0.444 e. The molecular formula is C9H17NO3. The van der Waals surface area contributed by atoms with Gasteiger partial charge in [0.15, 0.2) is 0 Å². The molecule has 1 aliphatic heterocycles. The van der Waals surface area contributed by atoms with E-state index in [2.05, 4.69) is 0 Å². The zero-order valence-electron chi connectivity index (χ0n) is 8.66. The first kappa shape index (κ1) is 10.3. The maximum Gasteiger partial charge on any atom is 0.412 e. The average molecular weight is 187 g/mol. The molecule has 1 saturated heterocycles. The number of rotatable bonds is 0. The molecule has 0 aliphatic carbocycles. The van der Waals surface area contributed by atoms with Crippen LogP contribution in [0.2, 0.25) is 0 Å². The number of amides is 1. The maximum atomic E-state index is 11.5. The third-order valence-electron chi connectivity index (χ3n) is 1.76. The van der Waals surface area contributed by atoms with Crippen LogP contribution in [0.1, 0.15) is 27.7 Å². The Bertz CT molecular complexity index is 198. The summed E-state index contributed by atoms with van der Waals surface area (Å²) >= 11 is 0. The third-order valence-corrected chi connectivity index (χ3v) is 1.76. The van der Waals surface area contributed by atoms with Crippen LogP contribution in [0.25, 0.3) is 0 Å². The third kappa shape index (κ3) is 2.88. The molecule has 1 atom stereocenters. The molecule has 76 valence electrons. The molecule has 13 heavy (non-hydrogen) atoms. The molecule has 4 nitrogen and oxygen atoms in total. The highest BCUT2D eigenvalue weighted by molar-refractivity contribution is 5.68. The minimum absolute atomic E-state index is 0.158. The second-order valence-corrected chi connectivity index (χ2v) is 4.14. The summed E-state index contributed by atoms with van der Waals surface area (Å²) < 4.78 is 10.4. The Morgan fingerprint density at radius 2 is 2.15 bits per heavy atom. The number of nitrogens with zero attached hydrogens (tertiary/aromatic N) is 1. The zero-order valence-corrected chi connectivity index (χ0v) is 8.66. The van der Waals surface area contributed by atoms with Crippen molar-refractivity contribution >= 4 is 6.09 Å². The second kappa shape index (κ2) is 3.54. The van der Waals surface area contributed by atoms with Gasteiger partial charge < -0.3 is 9.47 Å². The van der Waals surface area contributed by atoms with Crippen molar-refractivity contribution in [3.63, 3.8) is 0 Å². The Hall–Kier alpha value is -0.770. The molecule has 0 N–H and O–H groups in total. The summed E-state index contributed by atoms with van der Waals surface area (Å²) in [5.74, 6) is 0. The van der Waals surface area contributed by atoms with Gasteiger partial charge in [-0.25, -0.2) is 4.79 Å². The number of ether oxygens (including phenoxy) is 2. The van der Waals surface area contributed by atoms with E-state index in [1.54, 1.807) is 4.90 Å². The number of carbonyl (C=O) groups excluding carboxylic acids is 1. The minimum Gasteiger partial charge on any atom is -0.444 e. The van der Waals surface area contributed by atoms with Crippen molar-refractivity contribution in [2.24, 2.45) is 0 Å². The van der Waals surface area contributed by atoms with Crippen LogP contribution in [0.5, 0.6) is 0 Å². The maximum absolute atomic E-state index is 11.5. The quantitative estimate of drug-likeness (QED) is 0.578. The normalized spacial score (nSPS) is 23.4. The molecule has 0 bridgehead atoms. The Balaban J connectivity index is 2.48. The fourth-order valence-electron chi connectivity index (χ4n) is 1.15. The molecule has 1 rings (SSSR count). The van der Waals surface area contributed by atoms with Crippen molar-refractivity contribution in [3.8, 4) is 0 Å². The highest BCUT2D eigenvalue weighted by atomic mass is 16.6. The Kier molecular flexibility index (Phi) is 2.81. The molecule has 0 spiro atoms. The van der Waals surface area contributed by atoms with Crippen LogP contribution in [-0.4, -0.2) is 36.0 Å². The van der Waals surface area contributed by atoms with E-state index in [9.17, 15) is 4.79 Å². The molecule has 0 radical (unpaired) electrons. The topological polar surface area (TPSA) is 38.8 Å². The SMILES string of the molecule is CC1OCCN1C(=O)OC(C)(C)C. The van der Waals surface area contributed by atoms with Gasteiger partial charge in [-0.05, 0) is 27.7 Å². The van der Waals surface area contributed by atoms with Gasteiger partial charge >= 0.3 is 6.09 Å². The Morgan fingerprint density at radius 1 is 1.54 bits per heavy atom. The molecule has 1 fully saturated rings. The van der Waals surface area contributed by atoms with Gasteiger partial charge in [-0.1, -0.05) is 0 Å². The van der Waals surface area contributed by atoms with Gasteiger partial charge in [0.2, 0.25) is 0 Å². The van der Waals surface area contributed by atoms with E-state index in [4.69, 9.17) is 9.47 Å². The smallest absolute Gasteiger partial charge is 0.412 e. The van der Waals surface area contributed by atoms with Gasteiger partial charge in [0.05, 0.1) is 13.2 Å². The van der Waals surface area contributed by atoms with E-state index in [0.717, 1.165) is 0 Å². The van der Waals surface area contributed by atoms with Crippen LogP contribution in [0.4, 0.5) is 4.79 Å². The Morgan fingerprint density at radius 3 is 2.54 bits per heavy atom. The van der Waals surface area contributed by atoms with Crippen LogP contribution >= 0.6 is 0 Å². The standard InChI is InChI=1S/C9H17NO3/c1-7-10(5-6-12-7)8(11)13-9(2,3)4/h7H,5-6H2,1-4H3. The lowest BCUT2D eigenvalue weighted by molar-refractivity contribution is -0.00226. The van der Waals surface area contributed by atoms with Gasteiger partial charge in [0, 0.05) is 0 Å². The number of hydrogen-bond acceptors (Lipinski definition) is 3. The van der Waals surface area contributed by atoms with Crippen molar-refractivity contribution < 1.29 is 14.3 Å². The molecular weight excluding hydrogens is 170 g/mol. The predicted molar refractivity (Wildman–Crippen MR) is 48.4 cm³/mol. The summed E-state index contributed by atoms with van der Waals surface area (Å²) in [5.41, 5.74) is -0.431.